The molecular formula is C23H26N2O4S. The molecule has 3 aromatic rings. The molecule has 0 spiro atoms. The highest BCUT2D eigenvalue weighted by Crippen LogP contribution is 2.23. The number of hydrogen-bond acceptors (Lipinski definition) is 5. The minimum Gasteiger partial charge on any atom is -0.493 e. The van der Waals surface area contributed by atoms with Crippen LogP contribution in [0, 0.1) is 0 Å². The van der Waals surface area contributed by atoms with Gasteiger partial charge in [-0.2, -0.15) is 4.99 Å². The molecule has 3 rings (SSSR count). The smallest absolute Gasteiger partial charge is 0.326 e. The molecule has 0 aliphatic rings. The number of carbonyl (C=O) groups is 2. The molecule has 0 aliphatic carbocycles. The molecule has 2 aromatic carbocycles. The molecule has 1 aromatic heterocycles. The number of aromatic nitrogens is 1. The first-order chi connectivity index (χ1) is 14.5. The predicted octanol–water partition coefficient (Wildman–Crippen LogP) is 4.29. The van der Waals surface area contributed by atoms with Gasteiger partial charge in [0.15, 0.2) is 4.80 Å². The van der Waals surface area contributed by atoms with Crippen molar-refractivity contribution in [1.29, 1.82) is 0 Å². The number of para-hydroxylation sites is 1. The van der Waals surface area contributed by atoms with Crippen molar-refractivity contribution in [2.75, 3.05) is 13.2 Å². The van der Waals surface area contributed by atoms with Gasteiger partial charge in [-0.05, 0) is 42.7 Å². The Hall–Kier alpha value is -2.93. The second-order valence-electron chi connectivity index (χ2n) is 7.07. The van der Waals surface area contributed by atoms with Crippen molar-refractivity contribution < 1.29 is 19.1 Å². The first kappa shape index (κ1) is 21.8. The van der Waals surface area contributed by atoms with Gasteiger partial charge in [-0.15, -0.1) is 0 Å². The fourth-order valence-electron chi connectivity index (χ4n) is 2.96. The van der Waals surface area contributed by atoms with E-state index in [-0.39, 0.29) is 31.4 Å². The molecule has 1 heterocycles. The molecule has 0 bridgehead atoms. The van der Waals surface area contributed by atoms with Crippen LogP contribution in [-0.2, 0) is 20.9 Å². The summed E-state index contributed by atoms with van der Waals surface area (Å²) in [7, 11) is 0. The van der Waals surface area contributed by atoms with Crippen molar-refractivity contribution in [3.8, 4) is 5.75 Å². The van der Waals surface area contributed by atoms with Crippen LogP contribution in [0.3, 0.4) is 0 Å². The first-order valence-electron chi connectivity index (χ1n) is 10.0. The Morgan fingerprint density at radius 2 is 1.90 bits per heavy atom. The van der Waals surface area contributed by atoms with Crippen LogP contribution in [0.4, 0.5) is 0 Å². The number of rotatable bonds is 8. The van der Waals surface area contributed by atoms with E-state index in [0.717, 1.165) is 10.2 Å². The Labute approximate surface area is 179 Å². The maximum absolute atomic E-state index is 12.4. The van der Waals surface area contributed by atoms with Gasteiger partial charge in [0.05, 0.1) is 29.9 Å². The average molecular weight is 427 g/mol. The number of carbonyl (C=O) groups excluding carboxylic acids is 2. The summed E-state index contributed by atoms with van der Waals surface area (Å²) in [4.78, 5) is 29.3. The molecule has 0 radical (unpaired) electrons. The molecule has 0 fully saturated rings. The molecule has 0 saturated carbocycles. The van der Waals surface area contributed by atoms with Crippen LogP contribution in [0.15, 0.2) is 53.5 Å². The highest BCUT2D eigenvalue weighted by molar-refractivity contribution is 7.16. The molecule has 0 unspecified atom stereocenters. The summed E-state index contributed by atoms with van der Waals surface area (Å²) in [5.41, 5.74) is 2.06. The summed E-state index contributed by atoms with van der Waals surface area (Å²) in [6, 6.07) is 15.4. The van der Waals surface area contributed by atoms with Crippen LogP contribution in [0.25, 0.3) is 10.2 Å². The van der Waals surface area contributed by atoms with Gasteiger partial charge in [0.2, 0.25) is 0 Å². The number of nitrogens with zero attached hydrogens (tertiary/aromatic N) is 2. The fraction of sp³-hybridized carbons (Fsp3) is 0.348. The number of thiazole rings is 1. The van der Waals surface area contributed by atoms with Crippen LogP contribution in [-0.4, -0.2) is 29.7 Å². The van der Waals surface area contributed by atoms with Crippen molar-refractivity contribution in [3.05, 3.63) is 58.9 Å². The lowest BCUT2D eigenvalue weighted by Gasteiger charge is -2.07. The topological polar surface area (TPSA) is 69.9 Å². The molecule has 30 heavy (non-hydrogen) atoms. The lowest BCUT2D eigenvalue weighted by molar-refractivity contribution is -0.143. The van der Waals surface area contributed by atoms with Gasteiger partial charge in [0.25, 0.3) is 5.91 Å². The van der Waals surface area contributed by atoms with Gasteiger partial charge >= 0.3 is 5.97 Å². The third-order valence-electron chi connectivity index (χ3n) is 4.51. The van der Waals surface area contributed by atoms with Crippen molar-refractivity contribution >= 4 is 33.4 Å². The minimum atomic E-state index is -0.355. The quantitative estimate of drug-likeness (QED) is 0.504. The zero-order chi connectivity index (χ0) is 21.5. The summed E-state index contributed by atoms with van der Waals surface area (Å²) in [5, 5.41) is 0. The Kier molecular flexibility index (Phi) is 7.41. The Morgan fingerprint density at radius 3 is 2.60 bits per heavy atom. The number of hydrogen-bond donors (Lipinski definition) is 0. The Morgan fingerprint density at radius 1 is 1.13 bits per heavy atom. The maximum Gasteiger partial charge on any atom is 0.326 e. The molecule has 0 N–H and O–H groups in total. The molecular weight excluding hydrogens is 400 g/mol. The van der Waals surface area contributed by atoms with Gasteiger partial charge in [0, 0.05) is 0 Å². The van der Waals surface area contributed by atoms with E-state index < -0.39 is 0 Å². The van der Waals surface area contributed by atoms with Gasteiger partial charge in [-0.25, -0.2) is 0 Å². The number of esters is 1. The number of benzene rings is 2. The second kappa shape index (κ2) is 10.2. The molecule has 7 heteroatoms. The van der Waals surface area contributed by atoms with Crippen molar-refractivity contribution in [2.24, 2.45) is 4.99 Å². The SMILES string of the molecule is CCOC(=O)Cn1c(=NC(=O)CCOc2ccccc2)sc2cc(C(C)C)ccc21. The van der Waals surface area contributed by atoms with Crippen LogP contribution in [0.2, 0.25) is 0 Å². The van der Waals surface area contributed by atoms with E-state index in [1.54, 1.807) is 11.5 Å². The van der Waals surface area contributed by atoms with E-state index in [1.165, 1.54) is 16.9 Å². The van der Waals surface area contributed by atoms with E-state index in [2.05, 4.69) is 24.9 Å². The van der Waals surface area contributed by atoms with Crippen LogP contribution in [0.1, 0.15) is 38.7 Å². The predicted molar refractivity (Wildman–Crippen MR) is 118 cm³/mol. The summed E-state index contributed by atoms with van der Waals surface area (Å²) in [6.07, 6.45) is 0.153. The summed E-state index contributed by atoms with van der Waals surface area (Å²) >= 11 is 1.40. The van der Waals surface area contributed by atoms with E-state index >= 15 is 0 Å². The van der Waals surface area contributed by atoms with Gasteiger partial charge in [-0.3, -0.25) is 9.59 Å². The Balaban J connectivity index is 1.85. The van der Waals surface area contributed by atoms with E-state index in [0.29, 0.717) is 23.1 Å². The largest absolute Gasteiger partial charge is 0.493 e. The molecule has 6 nitrogen and oxygen atoms in total. The van der Waals surface area contributed by atoms with Crippen LogP contribution >= 0.6 is 11.3 Å². The first-order valence-corrected chi connectivity index (χ1v) is 10.8. The summed E-state index contributed by atoms with van der Waals surface area (Å²) < 4.78 is 13.4. The van der Waals surface area contributed by atoms with Crippen LogP contribution < -0.4 is 9.54 Å². The molecule has 1 amide bonds. The zero-order valence-corrected chi connectivity index (χ0v) is 18.3. The van der Waals surface area contributed by atoms with Crippen molar-refractivity contribution in [1.82, 2.24) is 4.57 Å². The van der Waals surface area contributed by atoms with Crippen molar-refractivity contribution in [3.63, 3.8) is 0 Å². The molecule has 158 valence electrons. The lowest BCUT2D eigenvalue weighted by atomic mass is 10.0. The highest BCUT2D eigenvalue weighted by Gasteiger charge is 2.13. The van der Waals surface area contributed by atoms with Crippen LogP contribution in [0.5, 0.6) is 5.75 Å². The van der Waals surface area contributed by atoms with Gasteiger partial charge < -0.3 is 14.0 Å². The van der Waals surface area contributed by atoms with E-state index in [4.69, 9.17) is 9.47 Å². The molecule has 0 saturated heterocycles. The standard InChI is InChI=1S/C23H26N2O4S/c1-4-28-22(27)15-25-19-11-10-17(16(2)3)14-20(19)30-23(25)24-21(26)12-13-29-18-8-6-5-7-9-18/h5-11,14,16H,4,12-13,15H2,1-3H3. The number of ether oxygens (including phenoxy) is 2. The van der Waals surface area contributed by atoms with Gasteiger partial charge in [0.1, 0.15) is 12.3 Å². The van der Waals surface area contributed by atoms with E-state index in [1.807, 2.05) is 42.5 Å². The second-order valence-corrected chi connectivity index (χ2v) is 8.08. The molecule has 0 aliphatic heterocycles. The number of amides is 1. The third kappa shape index (κ3) is 5.57. The molecule has 0 atom stereocenters. The minimum absolute atomic E-state index is 0.0154. The Bertz CT molecular complexity index is 1080. The summed E-state index contributed by atoms with van der Waals surface area (Å²) in [6.45, 7) is 6.59. The maximum atomic E-state index is 12.4. The monoisotopic (exact) mass is 426 g/mol. The van der Waals surface area contributed by atoms with Crippen molar-refractivity contribution in [2.45, 2.75) is 39.7 Å². The fourth-order valence-corrected chi connectivity index (χ4v) is 4.05. The van der Waals surface area contributed by atoms with Gasteiger partial charge in [-0.1, -0.05) is 49.4 Å². The average Bonchev–Trinajstić information content (AvgIpc) is 3.05. The third-order valence-corrected chi connectivity index (χ3v) is 5.56. The van der Waals surface area contributed by atoms with E-state index in [9.17, 15) is 9.59 Å². The number of fused-ring (bicyclic) bond motifs is 1. The highest BCUT2D eigenvalue weighted by atomic mass is 32.1. The zero-order valence-electron chi connectivity index (χ0n) is 17.5. The summed E-state index contributed by atoms with van der Waals surface area (Å²) in [5.74, 6) is 0.448. The lowest BCUT2D eigenvalue weighted by Crippen LogP contribution is -2.23. The normalized spacial score (nSPS) is 11.8.